The van der Waals surface area contributed by atoms with Crippen molar-refractivity contribution in [2.24, 2.45) is 17.3 Å². The maximum atomic E-state index is 11.6. The number of methoxy groups -OCH3 is 1. The minimum Gasteiger partial charge on any atom is -0.497 e. The zero-order chi connectivity index (χ0) is 15.6. The normalized spacial score (nSPS) is 26.4. The number of hydrogen-bond acceptors (Lipinski definition) is 2. The second-order valence-electron chi connectivity index (χ2n) is 7.20. The maximum Gasteiger partial charge on any atom is 0.307 e. The number of carboxylic acid groups (broad SMARTS) is 1. The summed E-state index contributed by atoms with van der Waals surface area (Å²) in [5.41, 5.74) is 1.32. The van der Waals surface area contributed by atoms with Gasteiger partial charge in [-0.05, 0) is 54.2 Å². The van der Waals surface area contributed by atoms with Crippen molar-refractivity contribution in [1.29, 1.82) is 0 Å². The van der Waals surface area contributed by atoms with Crippen LogP contribution in [-0.2, 0) is 4.79 Å². The number of rotatable bonds is 3. The minimum absolute atomic E-state index is 0.0792. The molecule has 3 nitrogen and oxygen atoms in total. The Morgan fingerprint density at radius 2 is 2.00 bits per heavy atom. The standard InChI is InChI=1S/C18H26O3/c1-18(2,3)13-8-9-15(17(19)20)16(11-13)12-6-5-7-14(10-12)21-4/h5-7,10,13,15-16H,8-9,11H2,1-4H3,(H,19,20). The fourth-order valence-electron chi connectivity index (χ4n) is 3.49. The summed E-state index contributed by atoms with van der Waals surface area (Å²) in [7, 11) is 1.65. The minimum atomic E-state index is -0.671. The molecule has 0 aromatic heterocycles. The van der Waals surface area contributed by atoms with Crippen LogP contribution in [-0.4, -0.2) is 18.2 Å². The van der Waals surface area contributed by atoms with Gasteiger partial charge >= 0.3 is 5.97 Å². The molecule has 1 saturated carbocycles. The molecule has 3 unspecified atom stereocenters. The summed E-state index contributed by atoms with van der Waals surface area (Å²) in [5.74, 6) is 0.486. The molecule has 0 saturated heterocycles. The highest BCUT2D eigenvalue weighted by Crippen LogP contribution is 2.47. The summed E-state index contributed by atoms with van der Waals surface area (Å²) in [6, 6.07) is 7.89. The summed E-state index contributed by atoms with van der Waals surface area (Å²) in [6.45, 7) is 6.75. The Hall–Kier alpha value is -1.51. The van der Waals surface area contributed by atoms with Crippen LogP contribution in [0, 0.1) is 17.3 Å². The molecule has 1 fully saturated rings. The van der Waals surface area contributed by atoms with Crippen LogP contribution < -0.4 is 4.74 Å². The summed E-state index contributed by atoms with van der Waals surface area (Å²) < 4.78 is 5.29. The molecule has 0 amide bonds. The Bertz CT molecular complexity index is 501. The van der Waals surface area contributed by atoms with E-state index < -0.39 is 5.97 Å². The van der Waals surface area contributed by atoms with E-state index >= 15 is 0 Å². The van der Waals surface area contributed by atoms with Gasteiger partial charge in [-0.3, -0.25) is 4.79 Å². The Kier molecular flexibility index (Phi) is 4.60. The predicted molar refractivity (Wildman–Crippen MR) is 83.7 cm³/mol. The van der Waals surface area contributed by atoms with Crippen LogP contribution in [0.5, 0.6) is 5.75 Å². The first-order valence-corrected chi connectivity index (χ1v) is 7.69. The van der Waals surface area contributed by atoms with Gasteiger partial charge in [0.15, 0.2) is 0 Å². The highest BCUT2D eigenvalue weighted by Gasteiger charge is 2.39. The SMILES string of the molecule is COc1cccc(C2CC(C(C)(C)C)CCC2C(=O)O)c1. The van der Waals surface area contributed by atoms with Gasteiger partial charge in [-0.2, -0.15) is 0 Å². The zero-order valence-corrected chi connectivity index (χ0v) is 13.4. The van der Waals surface area contributed by atoms with E-state index in [4.69, 9.17) is 4.74 Å². The average molecular weight is 290 g/mol. The molecule has 21 heavy (non-hydrogen) atoms. The molecule has 3 atom stereocenters. The van der Waals surface area contributed by atoms with Gasteiger partial charge in [-0.25, -0.2) is 0 Å². The van der Waals surface area contributed by atoms with Gasteiger partial charge in [0.05, 0.1) is 13.0 Å². The van der Waals surface area contributed by atoms with E-state index in [9.17, 15) is 9.90 Å². The topological polar surface area (TPSA) is 46.5 Å². The van der Waals surface area contributed by atoms with Crippen LogP contribution in [0.15, 0.2) is 24.3 Å². The van der Waals surface area contributed by atoms with Crippen molar-refractivity contribution in [1.82, 2.24) is 0 Å². The number of hydrogen-bond donors (Lipinski definition) is 1. The molecule has 0 radical (unpaired) electrons. The second-order valence-corrected chi connectivity index (χ2v) is 7.20. The van der Waals surface area contributed by atoms with Crippen LogP contribution in [0.2, 0.25) is 0 Å². The third-order valence-corrected chi connectivity index (χ3v) is 4.91. The van der Waals surface area contributed by atoms with Gasteiger partial charge in [-0.1, -0.05) is 32.9 Å². The summed E-state index contributed by atoms with van der Waals surface area (Å²) in [5, 5.41) is 9.55. The number of ether oxygens (including phenoxy) is 1. The van der Waals surface area contributed by atoms with Crippen LogP contribution in [0.4, 0.5) is 0 Å². The lowest BCUT2D eigenvalue weighted by Gasteiger charge is -2.40. The van der Waals surface area contributed by atoms with Crippen molar-refractivity contribution in [3.8, 4) is 5.75 Å². The molecule has 1 N–H and O–H groups in total. The number of aliphatic carboxylic acids is 1. The van der Waals surface area contributed by atoms with Crippen molar-refractivity contribution in [3.63, 3.8) is 0 Å². The molecule has 1 aliphatic rings. The van der Waals surface area contributed by atoms with Crippen molar-refractivity contribution in [2.45, 2.75) is 46.0 Å². The van der Waals surface area contributed by atoms with Crippen LogP contribution in [0.25, 0.3) is 0 Å². The van der Waals surface area contributed by atoms with E-state index in [1.807, 2.05) is 24.3 Å². The van der Waals surface area contributed by atoms with E-state index in [-0.39, 0.29) is 17.3 Å². The molecule has 0 aliphatic heterocycles. The first kappa shape index (κ1) is 15.9. The fourth-order valence-corrected chi connectivity index (χ4v) is 3.49. The molecule has 2 rings (SSSR count). The van der Waals surface area contributed by atoms with E-state index in [1.165, 1.54) is 0 Å². The van der Waals surface area contributed by atoms with Crippen molar-refractivity contribution < 1.29 is 14.6 Å². The Morgan fingerprint density at radius 1 is 1.29 bits per heavy atom. The number of carboxylic acids is 1. The molecule has 3 heteroatoms. The second kappa shape index (κ2) is 6.08. The monoisotopic (exact) mass is 290 g/mol. The van der Waals surface area contributed by atoms with E-state index in [0.717, 1.165) is 30.6 Å². The van der Waals surface area contributed by atoms with Crippen LogP contribution in [0.1, 0.15) is 51.5 Å². The Balaban J connectivity index is 2.31. The van der Waals surface area contributed by atoms with Gasteiger partial charge in [-0.15, -0.1) is 0 Å². The molecule has 0 spiro atoms. The van der Waals surface area contributed by atoms with Gasteiger partial charge in [0.25, 0.3) is 0 Å². The Morgan fingerprint density at radius 3 is 2.57 bits per heavy atom. The fraction of sp³-hybridized carbons (Fsp3) is 0.611. The van der Waals surface area contributed by atoms with E-state index in [2.05, 4.69) is 20.8 Å². The third-order valence-electron chi connectivity index (χ3n) is 4.91. The van der Waals surface area contributed by atoms with Gasteiger partial charge < -0.3 is 9.84 Å². The molecular weight excluding hydrogens is 264 g/mol. The largest absolute Gasteiger partial charge is 0.497 e. The molecular formula is C18H26O3. The summed E-state index contributed by atoms with van der Waals surface area (Å²) >= 11 is 0. The van der Waals surface area contributed by atoms with Gasteiger partial charge in [0.1, 0.15) is 5.75 Å². The predicted octanol–water partition coefficient (Wildman–Crippen LogP) is 4.33. The lowest BCUT2D eigenvalue weighted by atomic mass is 9.64. The number of benzene rings is 1. The Labute approximate surface area is 127 Å². The third kappa shape index (κ3) is 3.58. The average Bonchev–Trinajstić information content (AvgIpc) is 2.45. The lowest BCUT2D eigenvalue weighted by molar-refractivity contribution is -0.144. The highest BCUT2D eigenvalue weighted by molar-refractivity contribution is 5.71. The summed E-state index contributed by atoms with van der Waals surface area (Å²) in [6.07, 6.45) is 2.70. The summed E-state index contributed by atoms with van der Waals surface area (Å²) in [4.78, 5) is 11.6. The van der Waals surface area contributed by atoms with Gasteiger partial charge in [0.2, 0.25) is 0 Å². The van der Waals surface area contributed by atoms with Crippen LogP contribution in [0.3, 0.4) is 0 Å². The molecule has 1 aliphatic carbocycles. The molecule has 1 aromatic rings. The molecule has 0 bridgehead atoms. The van der Waals surface area contributed by atoms with Crippen molar-refractivity contribution in [3.05, 3.63) is 29.8 Å². The highest BCUT2D eigenvalue weighted by atomic mass is 16.5. The lowest BCUT2D eigenvalue weighted by Crippen LogP contribution is -2.34. The molecule has 0 heterocycles. The smallest absolute Gasteiger partial charge is 0.307 e. The molecule has 1 aromatic carbocycles. The van der Waals surface area contributed by atoms with Gasteiger partial charge in [0, 0.05) is 0 Å². The van der Waals surface area contributed by atoms with Crippen LogP contribution >= 0.6 is 0 Å². The van der Waals surface area contributed by atoms with E-state index in [1.54, 1.807) is 7.11 Å². The maximum absolute atomic E-state index is 11.6. The zero-order valence-electron chi connectivity index (χ0n) is 13.4. The van der Waals surface area contributed by atoms with E-state index in [0.29, 0.717) is 5.92 Å². The molecule has 116 valence electrons. The quantitative estimate of drug-likeness (QED) is 0.901. The van der Waals surface area contributed by atoms with Crippen molar-refractivity contribution in [2.75, 3.05) is 7.11 Å². The van der Waals surface area contributed by atoms with Crippen molar-refractivity contribution >= 4 is 5.97 Å². The first-order chi connectivity index (χ1) is 9.82. The first-order valence-electron chi connectivity index (χ1n) is 7.69. The number of carbonyl (C=O) groups is 1.